The van der Waals surface area contributed by atoms with E-state index in [1.54, 1.807) is 13.8 Å². The van der Waals surface area contributed by atoms with Crippen LogP contribution in [0.5, 0.6) is 0 Å². The standard InChI is InChI=1S/C24H24F2N4O/c1-14-19(15(2)30(28-14)23-9-6-17(25)10-21(23)26)11-24(31)27-22-5-3-4-16-12-29(13-20(16)22)18-7-8-18/h3-6,9-10,18H,7-8,11-13H2,1-2H3,(H,27,31). The zero-order valence-corrected chi connectivity index (χ0v) is 17.6. The minimum atomic E-state index is -0.693. The molecule has 2 aliphatic rings. The van der Waals surface area contributed by atoms with Crippen LogP contribution < -0.4 is 5.32 Å². The second-order valence-corrected chi connectivity index (χ2v) is 8.46. The first kappa shape index (κ1) is 19.9. The van der Waals surface area contributed by atoms with Gasteiger partial charge in [-0.25, -0.2) is 13.5 Å². The molecule has 1 fully saturated rings. The second kappa shape index (κ2) is 7.57. The van der Waals surface area contributed by atoms with E-state index in [2.05, 4.69) is 21.4 Å². The first-order chi connectivity index (χ1) is 14.9. The normalized spacial score (nSPS) is 15.9. The van der Waals surface area contributed by atoms with Crippen molar-refractivity contribution in [2.75, 3.05) is 5.32 Å². The van der Waals surface area contributed by atoms with E-state index in [1.165, 1.54) is 40.8 Å². The summed E-state index contributed by atoms with van der Waals surface area (Å²) in [6, 6.07) is 10.1. The van der Waals surface area contributed by atoms with Gasteiger partial charge >= 0.3 is 0 Å². The van der Waals surface area contributed by atoms with E-state index in [1.807, 2.05) is 12.1 Å². The molecule has 1 amide bonds. The molecule has 160 valence electrons. The van der Waals surface area contributed by atoms with E-state index in [0.29, 0.717) is 17.4 Å². The Kier molecular flexibility index (Phi) is 4.85. The Bertz CT molecular complexity index is 1180. The highest BCUT2D eigenvalue weighted by Gasteiger charge is 2.34. The van der Waals surface area contributed by atoms with E-state index in [9.17, 15) is 13.6 Å². The van der Waals surface area contributed by atoms with Crippen LogP contribution in [0.3, 0.4) is 0 Å². The molecule has 3 aromatic rings. The van der Waals surface area contributed by atoms with Crippen molar-refractivity contribution in [3.63, 3.8) is 0 Å². The number of benzene rings is 2. The SMILES string of the molecule is Cc1nn(-c2ccc(F)cc2F)c(C)c1CC(=O)Nc1cccc2c1CN(C1CC1)C2. The average molecular weight is 422 g/mol. The van der Waals surface area contributed by atoms with Crippen molar-refractivity contribution < 1.29 is 13.6 Å². The Balaban J connectivity index is 1.35. The molecular weight excluding hydrogens is 398 g/mol. The molecule has 1 saturated carbocycles. The number of rotatable bonds is 5. The lowest BCUT2D eigenvalue weighted by Crippen LogP contribution is -2.19. The highest BCUT2D eigenvalue weighted by atomic mass is 19.1. The van der Waals surface area contributed by atoms with E-state index in [-0.39, 0.29) is 18.0 Å². The predicted octanol–water partition coefficient (Wildman–Crippen LogP) is 4.43. The quantitative estimate of drug-likeness (QED) is 0.662. The van der Waals surface area contributed by atoms with Gasteiger partial charge in [0.05, 0.1) is 12.1 Å². The molecule has 2 aromatic carbocycles. The van der Waals surface area contributed by atoms with Crippen molar-refractivity contribution in [2.45, 2.75) is 52.2 Å². The van der Waals surface area contributed by atoms with Crippen molar-refractivity contribution in [3.8, 4) is 5.69 Å². The molecule has 1 aromatic heterocycles. The number of carbonyl (C=O) groups excluding carboxylic acids is 1. The van der Waals surface area contributed by atoms with E-state index < -0.39 is 11.6 Å². The van der Waals surface area contributed by atoms with Gasteiger partial charge < -0.3 is 5.32 Å². The molecule has 0 saturated heterocycles. The van der Waals surface area contributed by atoms with Crippen molar-refractivity contribution >= 4 is 11.6 Å². The molecule has 0 unspecified atom stereocenters. The zero-order valence-electron chi connectivity index (χ0n) is 17.6. The number of hydrogen-bond acceptors (Lipinski definition) is 3. The molecule has 1 aliphatic heterocycles. The van der Waals surface area contributed by atoms with Gasteiger partial charge in [0.15, 0.2) is 5.82 Å². The number of anilines is 1. The van der Waals surface area contributed by atoms with Crippen molar-refractivity contribution in [2.24, 2.45) is 0 Å². The Labute approximate surface area is 179 Å². The second-order valence-electron chi connectivity index (χ2n) is 8.46. The van der Waals surface area contributed by atoms with Crippen molar-refractivity contribution in [1.82, 2.24) is 14.7 Å². The summed E-state index contributed by atoms with van der Waals surface area (Å²) in [6.45, 7) is 5.40. The third-order valence-corrected chi connectivity index (χ3v) is 6.26. The fraction of sp³-hybridized carbons (Fsp3) is 0.333. The summed E-state index contributed by atoms with van der Waals surface area (Å²) in [6.07, 6.45) is 2.65. The van der Waals surface area contributed by atoms with Crippen LogP contribution in [-0.4, -0.2) is 26.6 Å². The topological polar surface area (TPSA) is 50.2 Å². The summed E-state index contributed by atoms with van der Waals surface area (Å²) in [5.74, 6) is -1.47. The van der Waals surface area contributed by atoms with E-state index in [4.69, 9.17) is 0 Å². The van der Waals surface area contributed by atoms with Gasteiger partial charge in [-0.1, -0.05) is 12.1 Å². The number of amides is 1. The van der Waals surface area contributed by atoms with Gasteiger partial charge in [0.25, 0.3) is 0 Å². The fourth-order valence-electron chi connectivity index (χ4n) is 4.44. The molecule has 0 radical (unpaired) electrons. The number of aromatic nitrogens is 2. The lowest BCUT2D eigenvalue weighted by molar-refractivity contribution is -0.115. The molecular formula is C24H24F2N4O. The Morgan fingerprint density at radius 2 is 1.97 bits per heavy atom. The molecule has 5 rings (SSSR count). The van der Waals surface area contributed by atoms with Crippen LogP contribution >= 0.6 is 0 Å². The number of carbonyl (C=O) groups is 1. The lowest BCUT2D eigenvalue weighted by atomic mass is 10.1. The highest BCUT2D eigenvalue weighted by molar-refractivity contribution is 5.93. The molecule has 5 nitrogen and oxygen atoms in total. The Morgan fingerprint density at radius 1 is 1.16 bits per heavy atom. The van der Waals surface area contributed by atoms with Crippen molar-refractivity contribution in [1.29, 1.82) is 0 Å². The molecule has 1 aliphatic carbocycles. The van der Waals surface area contributed by atoms with Gasteiger partial charge in [0.2, 0.25) is 5.91 Å². The summed E-state index contributed by atoms with van der Waals surface area (Å²) in [5.41, 5.74) is 5.55. The molecule has 0 atom stereocenters. The highest BCUT2D eigenvalue weighted by Crippen LogP contribution is 2.37. The minimum Gasteiger partial charge on any atom is -0.325 e. The first-order valence-corrected chi connectivity index (χ1v) is 10.6. The number of aryl methyl sites for hydroxylation is 1. The monoisotopic (exact) mass is 422 g/mol. The number of hydrogen-bond donors (Lipinski definition) is 1. The molecule has 0 bridgehead atoms. The number of halogens is 2. The van der Waals surface area contributed by atoms with Gasteiger partial charge in [-0.2, -0.15) is 5.10 Å². The maximum absolute atomic E-state index is 14.2. The number of nitrogens with zero attached hydrogens (tertiary/aromatic N) is 3. The molecule has 7 heteroatoms. The van der Waals surface area contributed by atoms with Crippen molar-refractivity contribution in [3.05, 3.63) is 76.1 Å². The summed E-state index contributed by atoms with van der Waals surface area (Å²) >= 11 is 0. The first-order valence-electron chi connectivity index (χ1n) is 10.6. The molecule has 2 heterocycles. The van der Waals surface area contributed by atoms with Gasteiger partial charge in [-0.05, 0) is 56.0 Å². The largest absolute Gasteiger partial charge is 0.325 e. The lowest BCUT2D eigenvalue weighted by Gasteiger charge is -2.13. The molecule has 1 N–H and O–H groups in total. The predicted molar refractivity (Wildman–Crippen MR) is 114 cm³/mol. The van der Waals surface area contributed by atoms with E-state index in [0.717, 1.165) is 30.4 Å². The van der Waals surface area contributed by atoms with Crippen LogP contribution in [0.25, 0.3) is 5.69 Å². The van der Waals surface area contributed by atoms with Crippen LogP contribution in [-0.2, 0) is 24.3 Å². The van der Waals surface area contributed by atoms with Gasteiger partial charge in [0.1, 0.15) is 11.5 Å². The average Bonchev–Trinajstić information content (AvgIpc) is 3.43. The number of fused-ring (bicyclic) bond motifs is 1. The summed E-state index contributed by atoms with van der Waals surface area (Å²) < 4.78 is 28.9. The molecule has 31 heavy (non-hydrogen) atoms. The third kappa shape index (κ3) is 3.74. The Morgan fingerprint density at radius 3 is 2.71 bits per heavy atom. The Hall–Kier alpha value is -3.06. The summed E-state index contributed by atoms with van der Waals surface area (Å²) in [5, 5.41) is 7.46. The minimum absolute atomic E-state index is 0.135. The van der Waals surface area contributed by atoms with E-state index >= 15 is 0 Å². The maximum atomic E-state index is 14.2. The van der Waals surface area contributed by atoms with Crippen LogP contribution in [0.4, 0.5) is 14.5 Å². The van der Waals surface area contributed by atoms with Gasteiger partial charge in [0, 0.05) is 42.1 Å². The van der Waals surface area contributed by atoms with Gasteiger partial charge in [-0.3, -0.25) is 9.69 Å². The molecule has 0 spiro atoms. The fourth-order valence-corrected chi connectivity index (χ4v) is 4.44. The number of nitrogens with one attached hydrogen (secondary N) is 1. The van der Waals surface area contributed by atoms with Crippen LogP contribution in [0.1, 0.15) is 40.9 Å². The van der Waals surface area contributed by atoms with Crippen LogP contribution in [0.15, 0.2) is 36.4 Å². The third-order valence-electron chi connectivity index (χ3n) is 6.26. The van der Waals surface area contributed by atoms with Crippen LogP contribution in [0, 0.1) is 25.5 Å². The summed E-state index contributed by atoms with van der Waals surface area (Å²) in [7, 11) is 0. The zero-order chi connectivity index (χ0) is 21.7. The maximum Gasteiger partial charge on any atom is 0.228 e. The summed E-state index contributed by atoms with van der Waals surface area (Å²) in [4.78, 5) is 15.4. The van der Waals surface area contributed by atoms with Crippen LogP contribution in [0.2, 0.25) is 0 Å². The smallest absolute Gasteiger partial charge is 0.228 e. The van der Waals surface area contributed by atoms with Gasteiger partial charge in [-0.15, -0.1) is 0 Å².